The SMILES string of the molecule is CC(c1ccc2c(c1)OCC2)N1CCc2nc(Cc3cccnc3)sc2C1. The lowest BCUT2D eigenvalue weighted by molar-refractivity contribution is 0.193. The van der Waals surface area contributed by atoms with Crippen molar-refractivity contribution in [1.29, 1.82) is 0 Å². The molecule has 1 aromatic carbocycles. The fourth-order valence-corrected chi connectivity index (χ4v) is 5.18. The molecule has 0 amide bonds. The van der Waals surface area contributed by atoms with E-state index in [0.717, 1.165) is 44.7 Å². The van der Waals surface area contributed by atoms with Crippen LogP contribution < -0.4 is 4.74 Å². The Labute approximate surface area is 163 Å². The summed E-state index contributed by atoms with van der Waals surface area (Å²) in [7, 11) is 0. The third kappa shape index (κ3) is 3.37. The van der Waals surface area contributed by atoms with Gasteiger partial charge in [0, 0.05) is 55.7 Å². The normalized spacial score (nSPS) is 17.2. The predicted octanol–water partition coefficient (Wildman–Crippen LogP) is 4.18. The zero-order valence-electron chi connectivity index (χ0n) is 15.5. The Hall–Kier alpha value is -2.24. The summed E-state index contributed by atoms with van der Waals surface area (Å²) < 4.78 is 5.76. The lowest BCUT2D eigenvalue weighted by Crippen LogP contribution is -2.32. The van der Waals surface area contributed by atoms with Crippen molar-refractivity contribution < 1.29 is 4.74 Å². The Bertz CT molecular complexity index is 953. The zero-order chi connectivity index (χ0) is 18.2. The molecule has 0 bridgehead atoms. The van der Waals surface area contributed by atoms with Crippen molar-refractivity contribution in [2.24, 2.45) is 0 Å². The monoisotopic (exact) mass is 377 g/mol. The van der Waals surface area contributed by atoms with Crippen molar-refractivity contribution in [1.82, 2.24) is 14.9 Å². The summed E-state index contributed by atoms with van der Waals surface area (Å²) in [4.78, 5) is 13.1. The van der Waals surface area contributed by atoms with E-state index in [9.17, 15) is 0 Å². The first kappa shape index (κ1) is 16.9. The second kappa shape index (κ2) is 7.06. The smallest absolute Gasteiger partial charge is 0.122 e. The molecule has 0 fully saturated rings. The number of hydrogen-bond donors (Lipinski definition) is 0. The van der Waals surface area contributed by atoms with Crippen LogP contribution in [0.3, 0.4) is 0 Å². The first-order valence-electron chi connectivity index (χ1n) is 9.62. The number of ether oxygens (including phenoxy) is 1. The van der Waals surface area contributed by atoms with Crippen molar-refractivity contribution >= 4 is 11.3 Å². The topological polar surface area (TPSA) is 38.2 Å². The lowest BCUT2D eigenvalue weighted by atomic mass is 10.0. The molecule has 5 heteroatoms. The standard InChI is InChI=1S/C22H23N3OS/c1-15(18-5-4-17-7-10-26-20(17)12-18)25-9-6-19-21(14-25)27-22(24-19)11-16-3-2-8-23-13-16/h2-5,8,12-13,15H,6-7,9-11,14H2,1H3. The van der Waals surface area contributed by atoms with Gasteiger partial charge >= 0.3 is 0 Å². The van der Waals surface area contributed by atoms with E-state index in [0.29, 0.717) is 6.04 Å². The van der Waals surface area contributed by atoms with Crippen molar-refractivity contribution in [3.05, 3.63) is 75.0 Å². The van der Waals surface area contributed by atoms with Gasteiger partial charge in [0.1, 0.15) is 5.75 Å². The summed E-state index contributed by atoms with van der Waals surface area (Å²) in [6.45, 7) is 5.17. The van der Waals surface area contributed by atoms with Crippen molar-refractivity contribution in [3.8, 4) is 5.75 Å². The molecule has 4 nitrogen and oxygen atoms in total. The van der Waals surface area contributed by atoms with E-state index < -0.39 is 0 Å². The van der Waals surface area contributed by atoms with Crippen LogP contribution in [0.25, 0.3) is 0 Å². The second-order valence-electron chi connectivity index (χ2n) is 7.38. The fraction of sp³-hybridized carbons (Fsp3) is 0.364. The number of thiazole rings is 1. The predicted molar refractivity (Wildman–Crippen MR) is 107 cm³/mol. The quantitative estimate of drug-likeness (QED) is 0.684. The van der Waals surface area contributed by atoms with Crippen LogP contribution in [-0.4, -0.2) is 28.0 Å². The molecule has 2 aromatic heterocycles. The second-order valence-corrected chi connectivity index (χ2v) is 8.55. The van der Waals surface area contributed by atoms with Gasteiger partial charge in [-0.3, -0.25) is 9.88 Å². The van der Waals surface area contributed by atoms with Gasteiger partial charge in [0.2, 0.25) is 0 Å². The van der Waals surface area contributed by atoms with Gasteiger partial charge in [-0.15, -0.1) is 11.3 Å². The van der Waals surface area contributed by atoms with Gasteiger partial charge < -0.3 is 4.74 Å². The molecule has 0 aliphatic carbocycles. The zero-order valence-corrected chi connectivity index (χ0v) is 16.3. The van der Waals surface area contributed by atoms with E-state index in [-0.39, 0.29) is 0 Å². The summed E-state index contributed by atoms with van der Waals surface area (Å²) in [6, 6.07) is 11.3. The Morgan fingerprint density at radius 3 is 3.11 bits per heavy atom. The molecule has 0 saturated heterocycles. The fourth-order valence-electron chi connectivity index (χ4n) is 4.01. The molecule has 3 aromatic rings. The van der Waals surface area contributed by atoms with E-state index >= 15 is 0 Å². The van der Waals surface area contributed by atoms with Crippen LogP contribution >= 0.6 is 11.3 Å². The van der Waals surface area contributed by atoms with Crippen LogP contribution in [0.4, 0.5) is 0 Å². The summed E-state index contributed by atoms with van der Waals surface area (Å²) >= 11 is 1.86. The summed E-state index contributed by atoms with van der Waals surface area (Å²) in [6.07, 6.45) is 6.70. The average Bonchev–Trinajstić information content (AvgIpc) is 3.33. The van der Waals surface area contributed by atoms with Gasteiger partial charge in [0.25, 0.3) is 0 Å². The van der Waals surface area contributed by atoms with Crippen LogP contribution in [-0.2, 0) is 25.8 Å². The van der Waals surface area contributed by atoms with Crippen molar-refractivity contribution in [2.75, 3.05) is 13.2 Å². The Balaban J connectivity index is 1.32. The molecule has 27 heavy (non-hydrogen) atoms. The molecule has 0 spiro atoms. The number of hydrogen-bond acceptors (Lipinski definition) is 5. The molecule has 138 valence electrons. The molecule has 0 saturated carbocycles. The Morgan fingerprint density at radius 1 is 1.26 bits per heavy atom. The average molecular weight is 378 g/mol. The van der Waals surface area contributed by atoms with Crippen LogP contribution in [0.5, 0.6) is 5.75 Å². The maximum Gasteiger partial charge on any atom is 0.122 e. The largest absolute Gasteiger partial charge is 0.493 e. The highest BCUT2D eigenvalue weighted by molar-refractivity contribution is 7.11. The van der Waals surface area contributed by atoms with Gasteiger partial charge in [0.15, 0.2) is 0 Å². The number of benzene rings is 1. The van der Waals surface area contributed by atoms with Crippen molar-refractivity contribution in [2.45, 2.75) is 38.8 Å². The molecule has 1 unspecified atom stereocenters. The molecule has 1 atom stereocenters. The number of fused-ring (bicyclic) bond motifs is 2. The minimum atomic E-state index is 0.386. The van der Waals surface area contributed by atoms with E-state index in [4.69, 9.17) is 9.72 Å². The first-order chi connectivity index (χ1) is 13.3. The summed E-state index contributed by atoms with van der Waals surface area (Å²) in [5, 5.41) is 1.20. The molecule has 0 radical (unpaired) electrons. The summed E-state index contributed by atoms with van der Waals surface area (Å²) in [5.41, 5.74) is 5.21. The van der Waals surface area contributed by atoms with Crippen LogP contribution in [0.2, 0.25) is 0 Å². The lowest BCUT2D eigenvalue weighted by Gasteiger charge is -2.32. The number of aromatic nitrogens is 2. The molecule has 2 aliphatic rings. The third-order valence-corrected chi connectivity index (χ3v) is 6.72. The van der Waals surface area contributed by atoms with Gasteiger partial charge in [-0.25, -0.2) is 4.98 Å². The highest BCUT2D eigenvalue weighted by atomic mass is 32.1. The van der Waals surface area contributed by atoms with E-state index in [2.05, 4.69) is 41.1 Å². The van der Waals surface area contributed by atoms with Crippen molar-refractivity contribution in [3.63, 3.8) is 0 Å². The van der Waals surface area contributed by atoms with Crippen LogP contribution in [0.15, 0.2) is 42.7 Å². The first-order valence-corrected chi connectivity index (χ1v) is 10.4. The van der Waals surface area contributed by atoms with Gasteiger partial charge in [-0.1, -0.05) is 18.2 Å². The molecule has 5 rings (SSSR count). The third-order valence-electron chi connectivity index (χ3n) is 5.63. The number of rotatable bonds is 4. The molecular formula is C22H23N3OS. The minimum absolute atomic E-state index is 0.386. The number of nitrogens with zero attached hydrogens (tertiary/aromatic N) is 3. The van der Waals surface area contributed by atoms with Gasteiger partial charge in [0.05, 0.1) is 17.3 Å². The van der Waals surface area contributed by atoms with Crippen LogP contribution in [0.1, 0.15) is 45.2 Å². The van der Waals surface area contributed by atoms with E-state index in [1.54, 1.807) is 0 Å². The minimum Gasteiger partial charge on any atom is -0.493 e. The Morgan fingerprint density at radius 2 is 2.22 bits per heavy atom. The maximum atomic E-state index is 5.76. The Kier molecular flexibility index (Phi) is 4.42. The molecule has 4 heterocycles. The molecule has 0 N–H and O–H groups in total. The van der Waals surface area contributed by atoms with E-state index in [1.165, 1.54) is 32.3 Å². The maximum absolute atomic E-state index is 5.76. The van der Waals surface area contributed by atoms with Crippen LogP contribution in [0, 0.1) is 0 Å². The summed E-state index contributed by atoms with van der Waals surface area (Å²) in [5.74, 6) is 1.08. The molecule has 2 aliphatic heterocycles. The van der Waals surface area contributed by atoms with E-state index in [1.807, 2.05) is 29.8 Å². The highest BCUT2D eigenvalue weighted by Crippen LogP contribution is 2.34. The van der Waals surface area contributed by atoms with Gasteiger partial charge in [-0.2, -0.15) is 0 Å². The molecular weight excluding hydrogens is 354 g/mol. The van der Waals surface area contributed by atoms with Gasteiger partial charge in [-0.05, 0) is 35.7 Å². The highest BCUT2D eigenvalue weighted by Gasteiger charge is 2.25. The number of pyridine rings is 1.